The van der Waals surface area contributed by atoms with Crippen molar-refractivity contribution in [1.29, 1.82) is 0 Å². The van der Waals surface area contributed by atoms with Gasteiger partial charge in [-0.05, 0) is 18.9 Å². The number of rotatable bonds is 10. The third-order valence-electron chi connectivity index (χ3n) is 3.73. The van der Waals surface area contributed by atoms with Crippen molar-refractivity contribution in [3.63, 3.8) is 0 Å². The number of thiol groups is 1. The van der Waals surface area contributed by atoms with Crippen LogP contribution in [0.3, 0.4) is 0 Å². The molecule has 0 bridgehead atoms. The molecular weight excluding hydrogens is 214 g/mol. The second-order valence-corrected chi connectivity index (χ2v) is 5.63. The average molecular weight is 243 g/mol. The van der Waals surface area contributed by atoms with Gasteiger partial charge in [0, 0.05) is 12.3 Å². The van der Waals surface area contributed by atoms with Crippen LogP contribution in [0.1, 0.15) is 64.2 Å². The summed E-state index contributed by atoms with van der Waals surface area (Å²) in [5.41, 5.74) is 0. The van der Waals surface area contributed by atoms with Gasteiger partial charge in [-0.2, -0.15) is 12.6 Å². The summed E-state index contributed by atoms with van der Waals surface area (Å²) < 4.78 is 0. The molecular formula is C14H29NS. The van der Waals surface area contributed by atoms with Gasteiger partial charge >= 0.3 is 0 Å². The largest absolute Gasteiger partial charge is 0.316 e. The summed E-state index contributed by atoms with van der Waals surface area (Å²) in [5, 5.41) is 3.39. The Kier molecular flexibility index (Phi) is 9.40. The van der Waals surface area contributed by atoms with Gasteiger partial charge in [0.1, 0.15) is 0 Å². The zero-order valence-corrected chi connectivity index (χ0v) is 11.6. The van der Waals surface area contributed by atoms with Crippen LogP contribution >= 0.6 is 12.6 Å². The summed E-state index contributed by atoms with van der Waals surface area (Å²) in [7, 11) is 0. The fraction of sp³-hybridized carbons (Fsp3) is 1.00. The van der Waals surface area contributed by atoms with Crippen molar-refractivity contribution in [3.05, 3.63) is 0 Å². The second-order valence-electron chi connectivity index (χ2n) is 5.18. The van der Waals surface area contributed by atoms with Gasteiger partial charge in [-0.1, -0.05) is 57.8 Å². The molecule has 1 fully saturated rings. The molecule has 0 unspecified atom stereocenters. The number of hydrogen-bond acceptors (Lipinski definition) is 2. The Balaban J connectivity index is 1.71. The maximum absolute atomic E-state index is 4.17. The maximum Gasteiger partial charge on any atom is 0.00397 e. The van der Waals surface area contributed by atoms with E-state index in [-0.39, 0.29) is 0 Å². The molecule has 0 radical (unpaired) electrons. The molecule has 0 aromatic carbocycles. The highest BCUT2D eigenvalue weighted by atomic mass is 32.1. The van der Waals surface area contributed by atoms with Crippen LogP contribution in [0.5, 0.6) is 0 Å². The molecule has 0 amide bonds. The predicted octanol–water partition coefficient (Wildman–Crippen LogP) is 4.04. The third-order valence-corrected chi connectivity index (χ3v) is 3.95. The lowest BCUT2D eigenvalue weighted by molar-refractivity contribution is 0.461. The van der Waals surface area contributed by atoms with E-state index in [1.165, 1.54) is 70.8 Å². The van der Waals surface area contributed by atoms with Crippen LogP contribution in [0.4, 0.5) is 0 Å². The van der Waals surface area contributed by atoms with Gasteiger partial charge in [-0.3, -0.25) is 0 Å². The molecule has 16 heavy (non-hydrogen) atoms. The molecule has 1 saturated carbocycles. The van der Waals surface area contributed by atoms with E-state index in [0.717, 1.165) is 18.2 Å². The minimum Gasteiger partial charge on any atom is -0.316 e. The summed E-state index contributed by atoms with van der Waals surface area (Å²) in [6.07, 6.45) is 14.7. The van der Waals surface area contributed by atoms with E-state index in [1.807, 2.05) is 0 Å². The molecule has 1 aliphatic rings. The molecule has 0 aromatic heterocycles. The van der Waals surface area contributed by atoms with E-state index in [1.54, 1.807) is 0 Å². The van der Waals surface area contributed by atoms with Crippen LogP contribution in [-0.2, 0) is 0 Å². The first-order valence-electron chi connectivity index (χ1n) is 7.25. The Bertz CT molecular complexity index is 144. The van der Waals surface area contributed by atoms with E-state index in [9.17, 15) is 0 Å². The lowest BCUT2D eigenvalue weighted by atomic mass is 9.99. The Morgan fingerprint density at radius 2 is 1.56 bits per heavy atom. The molecule has 0 atom stereocenters. The molecule has 0 saturated heterocycles. The first kappa shape index (κ1) is 14.4. The molecule has 1 rings (SSSR count). The Morgan fingerprint density at radius 3 is 2.31 bits per heavy atom. The average Bonchev–Trinajstić information content (AvgIpc) is 2.80. The van der Waals surface area contributed by atoms with E-state index in [2.05, 4.69) is 17.9 Å². The highest BCUT2D eigenvalue weighted by Crippen LogP contribution is 2.29. The molecule has 96 valence electrons. The fourth-order valence-electron chi connectivity index (χ4n) is 2.72. The van der Waals surface area contributed by atoms with E-state index >= 15 is 0 Å². The van der Waals surface area contributed by atoms with Crippen LogP contribution in [0, 0.1) is 5.92 Å². The van der Waals surface area contributed by atoms with Gasteiger partial charge in [0.05, 0.1) is 0 Å². The van der Waals surface area contributed by atoms with E-state index in [0.29, 0.717) is 0 Å². The molecule has 1 nitrogen and oxygen atoms in total. The molecule has 0 spiro atoms. The SMILES string of the molecule is SCCNCCCCCCCC1CCCC1. The van der Waals surface area contributed by atoms with Crippen molar-refractivity contribution < 1.29 is 0 Å². The first-order valence-corrected chi connectivity index (χ1v) is 7.88. The van der Waals surface area contributed by atoms with E-state index in [4.69, 9.17) is 0 Å². The lowest BCUT2D eigenvalue weighted by Gasteiger charge is -2.08. The molecule has 2 heteroatoms. The summed E-state index contributed by atoms with van der Waals surface area (Å²) in [6, 6.07) is 0. The van der Waals surface area contributed by atoms with Crippen LogP contribution < -0.4 is 5.32 Å². The minimum absolute atomic E-state index is 0.960. The maximum atomic E-state index is 4.17. The lowest BCUT2D eigenvalue weighted by Crippen LogP contribution is -2.17. The van der Waals surface area contributed by atoms with Crippen LogP contribution in [0.15, 0.2) is 0 Å². The Morgan fingerprint density at radius 1 is 0.875 bits per heavy atom. The van der Waals surface area contributed by atoms with Crippen LogP contribution in [0.2, 0.25) is 0 Å². The number of nitrogens with one attached hydrogen (secondary N) is 1. The summed E-state index contributed by atoms with van der Waals surface area (Å²) in [5.74, 6) is 2.05. The molecule has 0 heterocycles. The van der Waals surface area contributed by atoms with Crippen molar-refractivity contribution in [2.24, 2.45) is 5.92 Å². The van der Waals surface area contributed by atoms with Crippen LogP contribution in [0.25, 0.3) is 0 Å². The molecule has 1 aliphatic carbocycles. The first-order chi connectivity index (χ1) is 7.93. The minimum atomic E-state index is 0.960. The number of hydrogen-bond donors (Lipinski definition) is 2. The van der Waals surface area contributed by atoms with Crippen molar-refractivity contribution in [3.8, 4) is 0 Å². The summed E-state index contributed by atoms with van der Waals surface area (Å²) in [4.78, 5) is 0. The van der Waals surface area contributed by atoms with Crippen molar-refractivity contribution >= 4 is 12.6 Å². The zero-order valence-electron chi connectivity index (χ0n) is 10.7. The standard InChI is InChI=1S/C14H29NS/c16-13-12-15-11-7-3-1-2-4-8-14-9-5-6-10-14/h14-16H,1-13H2. The molecule has 0 aromatic rings. The molecule has 0 aliphatic heterocycles. The highest BCUT2D eigenvalue weighted by Gasteiger charge is 2.13. The molecule has 1 N–H and O–H groups in total. The van der Waals surface area contributed by atoms with Crippen molar-refractivity contribution in [2.45, 2.75) is 64.2 Å². The monoisotopic (exact) mass is 243 g/mol. The fourth-order valence-corrected chi connectivity index (χ4v) is 2.87. The second kappa shape index (κ2) is 10.5. The van der Waals surface area contributed by atoms with Gasteiger partial charge in [0.15, 0.2) is 0 Å². The van der Waals surface area contributed by atoms with Gasteiger partial charge in [0.25, 0.3) is 0 Å². The summed E-state index contributed by atoms with van der Waals surface area (Å²) >= 11 is 4.17. The number of unbranched alkanes of at least 4 members (excludes halogenated alkanes) is 4. The zero-order chi connectivity index (χ0) is 11.5. The quantitative estimate of drug-likeness (QED) is 0.436. The Hall–Kier alpha value is 0.310. The van der Waals surface area contributed by atoms with Gasteiger partial charge in [-0.15, -0.1) is 0 Å². The Labute approximate surface area is 107 Å². The predicted molar refractivity (Wildman–Crippen MR) is 76.4 cm³/mol. The van der Waals surface area contributed by atoms with Gasteiger partial charge < -0.3 is 5.32 Å². The topological polar surface area (TPSA) is 12.0 Å². The normalized spacial score (nSPS) is 17.1. The third kappa shape index (κ3) is 7.56. The van der Waals surface area contributed by atoms with Crippen LogP contribution in [-0.4, -0.2) is 18.8 Å². The van der Waals surface area contributed by atoms with Crippen molar-refractivity contribution in [2.75, 3.05) is 18.8 Å². The smallest absolute Gasteiger partial charge is 0.00397 e. The highest BCUT2D eigenvalue weighted by molar-refractivity contribution is 7.80. The van der Waals surface area contributed by atoms with Gasteiger partial charge in [0.2, 0.25) is 0 Å². The van der Waals surface area contributed by atoms with Gasteiger partial charge in [-0.25, -0.2) is 0 Å². The summed E-state index contributed by atoms with van der Waals surface area (Å²) in [6.45, 7) is 2.24. The van der Waals surface area contributed by atoms with Crippen molar-refractivity contribution in [1.82, 2.24) is 5.32 Å². The van der Waals surface area contributed by atoms with E-state index < -0.39 is 0 Å².